The molecule has 0 unspecified atom stereocenters. The van der Waals surface area contributed by atoms with Gasteiger partial charge in [-0.2, -0.15) is 0 Å². The number of aromatic hydroxyl groups is 1. The largest absolute Gasteiger partial charge is 0.506 e. The van der Waals surface area contributed by atoms with Gasteiger partial charge in [0.05, 0.1) is 5.39 Å². The van der Waals surface area contributed by atoms with Crippen LogP contribution in [0.3, 0.4) is 0 Å². The van der Waals surface area contributed by atoms with Gasteiger partial charge in [0.1, 0.15) is 11.4 Å². The maximum Gasteiger partial charge on any atom is 0.142 e. The first kappa shape index (κ1) is 9.96. The lowest BCUT2D eigenvalue weighted by molar-refractivity contribution is 0.479. The van der Waals surface area contributed by atoms with Gasteiger partial charge in [0.15, 0.2) is 0 Å². The molecule has 0 spiro atoms. The molecule has 2 heterocycles. The summed E-state index contributed by atoms with van der Waals surface area (Å²) >= 11 is 0. The zero-order valence-corrected chi connectivity index (χ0v) is 9.44. The molecule has 0 aliphatic rings. The van der Waals surface area contributed by atoms with E-state index in [-0.39, 0.29) is 0 Å². The van der Waals surface area contributed by atoms with Crippen LogP contribution in [-0.2, 0) is 7.05 Å². The van der Waals surface area contributed by atoms with Gasteiger partial charge in [-0.05, 0) is 19.9 Å². The molecule has 0 amide bonds. The standard InChI is InChI=1S/C11H17N3O/c1-4-13(5-2)14-7-6-9-10(15)8-12(3)11(9)14/h6-8,15H,4-5H2,1-3H3. The van der Waals surface area contributed by atoms with Crippen molar-refractivity contribution in [3.05, 3.63) is 18.5 Å². The van der Waals surface area contributed by atoms with Gasteiger partial charge in [-0.15, -0.1) is 0 Å². The number of hydrogen-bond donors (Lipinski definition) is 1. The summed E-state index contributed by atoms with van der Waals surface area (Å²) in [6, 6.07) is 1.95. The Balaban J connectivity index is 2.61. The van der Waals surface area contributed by atoms with Crippen LogP contribution in [0.1, 0.15) is 13.8 Å². The Morgan fingerprint density at radius 2 is 2.00 bits per heavy atom. The molecule has 0 atom stereocenters. The molecule has 0 saturated heterocycles. The van der Waals surface area contributed by atoms with Gasteiger partial charge in [0.25, 0.3) is 0 Å². The van der Waals surface area contributed by atoms with Gasteiger partial charge >= 0.3 is 0 Å². The molecule has 4 nitrogen and oxygen atoms in total. The summed E-state index contributed by atoms with van der Waals surface area (Å²) in [4.78, 5) is 0. The molecule has 2 rings (SSSR count). The van der Waals surface area contributed by atoms with Crippen LogP contribution in [0, 0.1) is 0 Å². The number of rotatable bonds is 3. The normalized spacial score (nSPS) is 11.1. The van der Waals surface area contributed by atoms with E-state index >= 15 is 0 Å². The van der Waals surface area contributed by atoms with Gasteiger partial charge in [-0.3, -0.25) is 0 Å². The second kappa shape index (κ2) is 3.53. The smallest absolute Gasteiger partial charge is 0.142 e. The lowest BCUT2D eigenvalue weighted by atomic mass is 10.4. The van der Waals surface area contributed by atoms with Gasteiger partial charge in [-0.1, -0.05) is 0 Å². The van der Waals surface area contributed by atoms with E-state index in [0.717, 1.165) is 24.1 Å². The van der Waals surface area contributed by atoms with E-state index in [1.807, 2.05) is 23.9 Å². The van der Waals surface area contributed by atoms with Crippen molar-refractivity contribution in [1.82, 2.24) is 9.24 Å². The summed E-state index contributed by atoms with van der Waals surface area (Å²) in [6.07, 6.45) is 3.74. The second-order valence-electron chi connectivity index (χ2n) is 3.66. The Kier molecular flexibility index (Phi) is 2.34. The third kappa shape index (κ3) is 1.37. The highest BCUT2D eigenvalue weighted by Crippen LogP contribution is 2.27. The molecule has 0 fully saturated rings. The minimum atomic E-state index is 0.346. The predicted octanol–water partition coefficient (Wildman–Crippen LogP) is 1.66. The van der Waals surface area contributed by atoms with Crippen LogP contribution in [0.5, 0.6) is 5.75 Å². The molecule has 0 aliphatic carbocycles. The molecule has 0 saturated carbocycles. The average Bonchev–Trinajstić information content (AvgIpc) is 2.74. The molecule has 0 bridgehead atoms. The first-order chi connectivity index (χ1) is 7.19. The van der Waals surface area contributed by atoms with Crippen LogP contribution in [0.25, 0.3) is 11.0 Å². The van der Waals surface area contributed by atoms with Crippen molar-refractivity contribution >= 4 is 11.0 Å². The lowest BCUT2D eigenvalue weighted by Crippen LogP contribution is -2.33. The molecular formula is C11H17N3O. The van der Waals surface area contributed by atoms with Crippen LogP contribution in [-0.4, -0.2) is 27.4 Å². The molecular weight excluding hydrogens is 190 g/mol. The Morgan fingerprint density at radius 3 is 2.60 bits per heavy atom. The Bertz CT molecular complexity index is 465. The topological polar surface area (TPSA) is 33.3 Å². The fourth-order valence-corrected chi connectivity index (χ4v) is 2.04. The van der Waals surface area contributed by atoms with Crippen molar-refractivity contribution in [3.8, 4) is 5.75 Å². The van der Waals surface area contributed by atoms with Gasteiger partial charge < -0.3 is 14.7 Å². The Morgan fingerprint density at radius 1 is 1.33 bits per heavy atom. The summed E-state index contributed by atoms with van der Waals surface area (Å²) in [7, 11) is 1.95. The number of fused-ring (bicyclic) bond motifs is 1. The highest BCUT2D eigenvalue weighted by molar-refractivity contribution is 5.84. The van der Waals surface area contributed by atoms with Gasteiger partial charge in [-0.25, -0.2) is 4.68 Å². The third-order valence-corrected chi connectivity index (χ3v) is 2.80. The lowest BCUT2D eigenvalue weighted by Gasteiger charge is -2.23. The van der Waals surface area contributed by atoms with E-state index in [4.69, 9.17) is 0 Å². The highest BCUT2D eigenvalue weighted by atomic mass is 16.3. The van der Waals surface area contributed by atoms with Crippen LogP contribution < -0.4 is 5.01 Å². The van der Waals surface area contributed by atoms with Crippen LogP contribution >= 0.6 is 0 Å². The maximum atomic E-state index is 9.68. The molecule has 2 aromatic heterocycles. The summed E-state index contributed by atoms with van der Waals surface area (Å²) in [6.45, 7) is 6.15. The number of nitrogens with zero attached hydrogens (tertiary/aromatic N) is 3. The van der Waals surface area contributed by atoms with Gasteiger partial charge in [0, 0.05) is 32.5 Å². The van der Waals surface area contributed by atoms with Gasteiger partial charge in [0.2, 0.25) is 0 Å². The summed E-state index contributed by atoms with van der Waals surface area (Å²) in [5.41, 5.74) is 1.04. The molecule has 0 aromatic carbocycles. The Hall–Kier alpha value is -1.58. The molecule has 1 N–H and O–H groups in total. The van der Waals surface area contributed by atoms with Crippen molar-refractivity contribution in [2.45, 2.75) is 13.8 Å². The van der Waals surface area contributed by atoms with Crippen molar-refractivity contribution in [2.24, 2.45) is 7.05 Å². The average molecular weight is 207 g/mol. The fraction of sp³-hybridized carbons (Fsp3) is 0.455. The van der Waals surface area contributed by atoms with Crippen LogP contribution in [0.15, 0.2) is 18.5 Å². The molecule has 15 heavy (non-hydrogen) atoms. The first-order valence-electron chi connectivity index (χ1n) is 5.29. The summed E-state index contributed by atoms with van der Waals surface area (Å²) in [5, 5.41) is 12.8. The molecule has 0 radical (unpaired) electrons. The summed E-state index contributed by atoms with van der Waals surface area (Å²) < 4.78 is 4.04. The van der Waals surface area contributed by atoms with E-state index in [0.29, 0.717) is 5.75 Å². The van der Waals surface area contributed by atoms with Crippen molar-refractivity contribution in [2.75, 3.05) is 18.1 Å². The molecule has 0 aliphatic heterocycles. The monoisotopic (exact) mass is 207 g/mol. The summed E-state index contributed by atoms with van der Waals surface area (Å²) in [5.74, 6) is 0.346. The zero-order chi connectivity index (χ0) is 11.0. The number of aryl methyl sites for hydroxylation is 1. The van der Waals surface area contributed by atoms with Crippen molar-refractivity contribution < 1.29 is 5.11 Å². The van der Waals surface area contributed by atoms with Crippen LogP contribution in [0.2, 0.25) is 0 Å². The van der Waals surface area contributed by atoms with E-state index in [2.05, 4.69) is 23.5 Å². The van der Waals surface area contributed by atoms with E-state index in [1.165, 1.54) is 0 Å². The van der Waals surface area contributed by atoms with E-state index in [9.17, 15) is 5.11 Å². The third-order valence-electron chi connectivity index (χ3n) is 2.80. The highest BCUT2D eigenvalue weighted by Gasteiger charge is 2.12. The Labute approximate surface area is 89.3 Å². The maximum absolute atomic E-state index is 9.68. The van der Waals surface area contributed by atoms with Crippen LogP contribution in [0.4, 0.5) is 0 Å². The zero-order valence-electron chi connectivity index (χ0n) is 9.44. The first-order valence-corrected chi connectivity index (χ1v) is 5.29. The van der Waals surface area contributed by atoms with E-state index in [1.54, 1.807) is 6.20 Å². The fourth-order valence-electron chi connectivity index (χ4n) is 2.04. The van der Waals surface area contributed by atoms with Crippen molar-refractivity contribution in [3.63, 3.8) is 0 Å². The second-order valence-corrected chi connectivity index (χ2v) is 3.66. The SMILES string of the molecule is CCN(CC)n1ccc2c(O)cn(C)c21. The molecule has 4 heteroatoms. The van der Waals surface area contributed by atoms with Crippen molar-refractivity contribution in [1.29, 1.82) is 0 Å². The van der Waals surface area contributed by atoms with E-state index < -0.39 is 0 Å². The minimum Gasteiger partial charge on any atom is -0.506 e. The number of hydrogen-bond acceptors (Lipinski definition) is 2. The minimum absolute atomic E-state index is 0.346. The predicted molar refractivity (Wildman–Crippen MR) is 61.9 cm³/mol. The number of aromatic nitrogens is 2. The quantitative estimate of drug-likeness (QED) is 0.830. The molecule has 2 aromatic rings. The molecule has 82 valence electrons.